The third-order valence-electron chi connectivity index (χ3n) is 3.42. The maximum Gasteiger partial charge on any atom is 0.364 e. The number of hydrogen-bond acceptors (Lipinski definition) is 6. The summed E-state index contributed by atoms with van der Waals surface area (Å²) in [6.45, 7) is 0. The highest BCUT2D eigenvalue weighted by atomic mass is 31.2. The predicted octanol–water partition coefficient (Wildman–Crippen LogP) is 2.74. The van der Waals surface area contributed by atoms with Crippen LogP contribution in [0.25, 0.3) is 5.69 Å². The molecule has 2 rings (SSSR count). The van der Waals surface area contributed by atoms with Crippen molar-refractivity contribution in [2.75, 3.05) is 21.3 Å². The van der Waals surface area contributed by atoms with Crippen LogP contribution in [-0.2, 0) is 18.3 Å². The van der Waals surface area contributed by atoms with Gasteiger partial charge in [-0.3, -0.25) is 4.57 Å². The van der Waals surface area contributed by atoms with Gasteiger partial charge in [-0.05, 0) is 36.4 Å². The van der Waals surface area contributed by atoms with Crippen molar-refractivity contribution in [1.82, 2.24) is 4.57 Å². The van der Waals surface area contributed by atoms with E-state index in [0.717, 1.165) is 0 Å². The molecule has 124 valence electrons. The second kappa shape index (κ2) is 7.10. The molecule has 1 aromatic carbocycles. The average molecular weight is 339 g/mol. The van der Waals surface area contributed by atoms with E-state index in [4.69, 9.17) is 9.05 Å². The van der Waals surface area contributed by atoms with E-state index in [2.05, 4.69) is 4.74 Å². The van der Waals surface area contributed by atoms with Crippen molar-refractivity contribution < 1.29 is 28.3 Å². The number of methoxy groups -OCH3 is 1. The molecule has 1 unspecified atom stereocenters. The molecule has 0 aliphatic carbocycles. The first-order valence-electron chi connectivity index (χ1n) is 6.72. The van der Waals surface area contributed by atoms with Gasteiger partial charge in [-0.25, -0.2) is 4.79 Å². The van der Waals surface area contributed by atoms with Gasteiger partial charge in [0.1, 0.15) is 0 Å². The fourth-order valence-corrected chi connectivity index (χ4v) is 3.23. The Morgan fingerprint density at radius 3 is 2.26 bits per heavy atom. The summed E-state index contributed by atoms with van der Waals surface area (Å²) in [6.07, 6.45) is 1.70. The first kappa shape index (κ1) is 17.4. The summed E-state index contributed by atoms with van der Waals surface area (Å²) in [4.78, 5) is 11.5. The van der Waals surface area contributed by atoms with Gasteiger partial charge in [0, 0.05) is 26.1 Å². The van der Waals surface area contributed by atoms with Crippen molar-refractivity contribution in [3.8, 4) is 5.69 Å². The van der Waals surface area contributed by atoms with E-state index in [1.165, 1.54) is 21.3 Å². The van der Waals surface area contributed by atoms with E-state index in [1.807, 2.05) is 0 Å². The number of aliphatic hydroxyl groups is 1. The highest BCUT2D eigenvalue weighted by molar-refractivity contribution is 7.53. The van der Waals surface area contributed by atoms with E-state index in [-0.39, 0.29) is 0 Å². The monoisotopic (exact) mass is 339 g/mol. The minimum Gasteiger partial charge on any atom is -0.465 e. The normalized spacial score (nSPS) is 12.9. The van der Waals surface area contributed by atoms with Crippen LogP contribution in [0.5, 0.6) is 0 Å². The standard InChI is InChI=1S/C15H18NO6P/c1-20-14(17)11-6-8-12(9-7-11)16-10-4-5-13(16)15(18)23(19,21-2)22-3/h4-10,15,18H,1-3H3. The zero-order chi connectivity index (χ0) is 17.0. The highest BCUT2D eigenvalue weighted by Crippen LogP contribution is 2.58. The molecular formula is C15H18NO6P. The lowest BCUT2D eigenvalue weighted by Gasteiger charge is -2.21. The van der Waals surface area contributed by atoms with Gasteiger partial charge < -0.3 is 23.5 Å². The van der Waals surface area contributed by atoms with Gasteiger partial charge in [0.15, 0.2) is 5.85 Å². The molecule has 0 saturated carbocycles. The van der Waals surface area contributed by atoms with Crippen LogP contribution in [0.1, 0.15) is 21.9 Å². The maximum absolute atomic E-state index is 12.3. The van der Waals surface area contributed by atoms with Gasteiger partial charge in [0.2, 0.25) is 0 Å². The van der Waals surface area contributed by atoms with Crippen LogP contribution >= 0.6 is 7.60 Å². The number of aromatic nitrogens is 1. The Bertz CT molecular complexity index is 716. The molecule has 0 bridgehead atoms. The van der Waals surface area contributed by atoms with Gasteiger partial charge in [-0.1, -0.05) is 0 Å². The van der Waals surface area contributed by atoms with E-state index in [0.29, 0.717) is 16.9 Å². The Morgan fingerprint density at radius 1 is 1.13 bits per heavy atom. The zero-order valence-electron chi connectivity index (χ0n) is 13.0. The minimum absolute atomic E-state index is 0.350. The molecule has 0 aliphatic rings. The maximum atomic E-state index is 12.3. The fraction of sp³-hybridized carbons (Fsp3) is 0.267. The van der Waals surface area contributed by atoms with E-state index in [9.17, 15) is 14.5 Å². The number of carbonyl (C=O) groups excluding carboxylic acids is 1. The number of hydrogen-bond donors (Lipinski definition) is 1. The highest BCUT2D eigenvalue weighted by Gasteiger charge is 2.35. The molecule has 8 heteroatoms. The summed E-state index contributed by atoms with van der Waals surface area (Å²) < 4.78 is 28.3. The number of carbonyl (C=O) groups is 1. The topological polar surface area (TPSA) is 87.0 Å². The third-order valence-corrected chi connectivity index (χ3v) is 5.30. The van der Waals surface area contributed by atoms with Crippen molar-refractivity contribution in [3.05, 3.63) is 53.9 Å². The van der Waals surface area contributed by atoms with Crippen molar-refractivity contribution >= 4 is 13.6 Å². The Kier molecular flexibility index (Phi) is 5.38. The number of ether oxygens (including phenoxy) is 1. The molecule has 1 heterocycles. The van der Waals surface area contributed by atoms with Crippen LogP contribution in [0.2, 0.25) is 0 Å². The SMILES string of the molecule is COC(=O)c1ccc(-n2cccc2C(O)P(=O)(OC)OC)cc1. The van der Waals surface area contributed by atoms with Crippen molar-refractivity contribution in [2.24, 2.45) is 0 Å². The second-order valence-corrected chi connectivity index (χ2v) is 6.92. The molecule has 23 heavy (non-hydrogen) atoms. The Labute approximate surface area is 133 Å². The number of rotatable bonds is 6. The Morgan fingerprint density at radius 2 is 1.74 bits per heavy atom. The Hall–Kier alpha value is -1.92. The molecule has 0 radical (unpaired) electrons. The number of nitrogens with zero attached hydrogens (tertiary/aromatic N) is 1. The molecule has 7 nitrogen and oxygen atoms in total. The van der Waals surface area contributed by atoms with Gasteiger partial charge in [-0.15, -0.1) is 0 Å². The van der Waals surface area contributed by atoms with Crippen molar-refractivity contribution in [2.45, 2.75) is 5.85 Å². The van der Waals surface area contributed by atoms with E-state index >= 15 is 0 Å². The zero-order valence-corrected chi connectivity index (χ0v) is 13.9. The quantitative estimate of drug-likeness (QED) is 0.643. The predicted molar refractivity (Wildman–Crippen MR) is 83.7 cm³/mol. The molecular weight excluding hydrogens is 321 g/mol. The van der Waals surface area contributed by atoms with Crippen LogP contribution in [0.4, 0.5) is 0 Å². The minimum atomic E-state index is -3.68. The van der Waals surface area contributed by atoms with Gasteiger partial charge in [0.25, 0.3) is 0 Å². The molecule has 0 fully saturated rings. The number of esters is 1. The molecule has 1 aromatic heterocycles. The summed E-state index contributed by atoms with van der Waals surface area (Å²) in [5, 5.41) is 10.3. The Balaban J connectivity index is 2.38. The average Bonchev–Trinajstić information content (AvgIpc) is 3.09. The molecule has 0 amide bonds. The fourth-order valence-electron chi connectivity index (χ4n) is 2.15. The summed E-state index contributed by atoms with van der Waals surface area (Å²) >= 11 is 0. The number of aliphatic hydroxyl groups excluding tert-OH is 1. The van der Waals surface area contributed by atoms with Crippen molar-refractivity contribution in [1.29, 1.82) is 0 Å². The molecule has 1 N–H and O–H groups in total. The van der Waals surface area contributed by atoms with Crippen LogP contribution in [-0.4, -0.2) is 37.0 Å². The smallest absolute Gasteiger partial charge is 0.364 e. The third kappa shape index (κ3) is 3.38. The molecule has 0 spiro atoms. The molecule has 1 atom stereocenters. The van der Waals surface area contributed by atoms with E-state index < -0.39 is 19.4 Å². The summed E-state index contributed by atoms with van der Waals surface area (Å²) in [6, 6.07) is 9.89. The van der Waals surface area contributed by atoms with Crippen molar-refractivity contribution in [3.63, 3.8) is 0 Å². The van der Waals surface area contributed by atoms with Gasteiger partial charge >= 0.3 is 13.6 Å². The van der Waals surface area contributed by atoms with Crippen LogP contribution in [0, 0.1) is 0 Å². The largest absolute Gasteiger partial charge is 0.465 e. The lowest BCUT2D eigenvalue weighted by Crippen LogP contribution is -2.08. The van der Waals surface area contributed by atoms with Crippen LogP contribution in [0.3, 0.4) is 0 Å². The van der Waals surface area contributed by atoms with Gasteiger partial charge in [0.05, 0.1) is 18.4 Å². The van der Waals surface area contributed by atoms with Crippen LogP contribution < -0.4 is 0 Å². The summed E-state index contributed by atoms with van der Waals surface area (Å²) in [5.74, 6) is -1.87. The second-order valence-electron chi connectivity index (χ2n) is 4.62. The lowest BCUT2D eigenvalue weighted by molar-refractivity contribution is 0.0600. The van der Waals surface area contributed by atoms with E-state index in [1.54, 1.807) is 47.2 Å². The summed E-state index contributed by atoms with van der Waals surface area (Å²) in [7, 11) is 0.0599. The summed E-state index contributed by atoms with van der Waals surface area (Å²) in [5.41, 5.74) is 1.43. The van der Waals surface area contributed by atoms with Crippen LogP contribution in [0.15, 0.2) is 42.6 Å². The molecule has 0 aliphatic heterocycles. The first-order valence-corrected chi connectivity index (χ1v) is 8.33. The lowest BCUT2D eigenvalue weighted by atomic mass is 10.2. The first-order chi connectivity index (χ1) is 11.0. The molecule has 2 aromatic rings. The molecule has 0 saturated heterocycles. The van der Waals surface area contributed by atoms with Gasteiger partial charge in [-0.2, -0.15) is 0 Å². The number of benzene rings is 1.